The van der Waals surface area contributed by atoms with E-state index in [2.05, 4.69) is 0 Å². The molecular formula is C12H14ClNO3. The number of cyclic esters (lactones) is 1. The fourth-order valence-corrected chi connectivity index (χ4v) is 2.17. The summed E-state index contributed by atoms with van der Waals surface area (Å²) < 4.78 is 5.17. The number of hydrogen-bond donors (Lipinski definition) is 1. The molecule has 92 valence electrons. The van der Waals surface area contributed by atoms with E-state index in [0.29, 0.717) is 10.6 Å². The van der Waals surface area contributed by atoms with Crippen LogP contribution in [-0.4, -0.2) is 28.4 Å². The maximum Gasteiger partial charge on any atom is 0.412 e. The molecule has 0 saturated carbocycles. The number of amides is 1. The van der Waals surface area contributed by atoms with Crippen molar-refractivity contribution < 1.29 is 14.6 Å². The summed E-state index contributed by atoms with van der Waals surface area (Å²) >= 11 is 6.02. The van der Waals surface area contributed by atoms with Gasteiger partial charge in [0.15, 0.2) is 12.3 Å². The molecule has 17 heavy (non-hydrogen) atoms. The van der Waals surface area contributed by atoms with Crippen LogP contribution in [0.4, 0.5) is 4.79 Å². The minimum absolute atomic E-state index is 0.120. The number of carbonyl (C=O) groups is 1. The molecule has 1 aliphatic rings. The predicted molar refractivity (Wildman–Crippen MR) is 63.7 cm³/mol. The molecule has 1 aromatic rings. The smallest absolute Gasteiger partial charge is 0.412 e. The highest BCUT2D eigenvalue weighted by Gasteiger charge is 2.43. The summed E-state index contributed by atoms with van der Waals surface area (Å²) in [6.07, 6.45) is -2.24. The van der Waals surface area contributed by atoms with E-state index in [1.54, 1.807) is 24.3 Å². The van der Waals surface area contributed by atoms with Crippen molar-refractivity contribution in [3.05, 3.63) is 34.9 Å². The number of halogens is 1. The van der Waals surface area contributed by atoms with E-state index < -0.39 is 18.4 Å². The van der Waals surface area contributed by atoms with Crippen molar-refractivity contribution in [2.75, 3.05) is 0 Å². The van der Waals surface area contributed by atoms with Crippen molar-refractivity contribution in [2.24, 2.45) is 0 Å². The van der Waals surface area contributed by atoms with Gasteiger partial charge in [-0.3, -0.25) is 4.90 Å². The van der Waals surface area contributed by atoms with Crippen LogP contribution in [0, 0.1) is 0 Å². The SMILES string of the molecule is CC(C)N1C(=O)OC(c2ccccc2Cl)C1O. The van der Waals surface area contributed by atoms with Gasteiger partial charge in [0.25, 0.3) is 0 Å². The maximum atomic E-state index is 11.6. The monoisotopic (exact) mass is 255 g/mol. The lowest BCUT2D eigenvalue weighted by Crippen LogP contribution is -2.39. The zero-order valence-corrected chi connectivity index (χ0v) is 10.4. The molecule has 1 heterocycles. The Morgan fingerprint density at radius 2 is 2.06 bits per heavy atom. The van der Waals surface area contributed by atoms with E-state index in [4.69, 9.17) is 16.3 Å². The summed E-state index contributed by atoms with van der Waals surface area (Å²) in [6.45, 7) is 3.64. The molecule has 1 amide bonds. The van der Waals surface area contributed by atoms with Gasteiger partial charge in [-0.1, -0.05) is 29.8 Å². The highest BCUT2D eigenvalue weighted by molar-refractivity contribution is 6.31. The molecule has 1 N–H and O–H groups in total. The lowest BCUT2D eigenvalue weighted by atomic mass is 10.1. The van der Waals surface area contributed by atoms with Crippen LogP contribution in [0.3, 0.4) is 0 Å². The van der Waals surface area contributed by atoms with Crippen LogP contribution in [-0.2, 0) is 4.74 Å². The molecule has 0 bridgehead atoms. The Morgan fingerprint density at radius 3 is 2.59 bits per heavy atom. The van der Waals surface area contributed by atoms with Crippen molar-refractivity contribution in [1.82, 2.24) is 4.90 Å². The third-order valence-corrected chi connectivity index (χ3v) is 3.11. The van der Waals surface area contributed by atoms with E-state index in [0.717, 1.165) is 0 Å². The van der Waals surface area contributed by atoms with Gasteiger partial charge in [0.2, 0.25) is 0 Å². The second-order valence-corrected chi connectivity index (χ2v) is 4.65. The molecule has 2 unspecified atom stereocenters. The number of carbonyl (C=O) groups excluding carboxylic acids is 1. The average Bonchev–Trinajstić information content (AvgIpc) is 2.55. The average molecular weight is 256 g/mol. The largest absolute Gasteiger partial charge is 0.436 e. The Labute approximate surface area is 105 Å². The second-order valence-electron chi connectivity index (χ2n) is 4.24. The molecule has 1 aliphatic heterocycles. The number of rotatable bonds is 2. The molecule has 2 rings (SSSR count). The molecule has 4 nitrogen and oxygen atoms in total. The molecule has 2 atom stereocenters. The van der Waals surface area contributed by atoms with E-state index in [9.17, 15) is 9.90 Å². The van der Waals surface area contributed by atoms with E-state index in [1.807, 2.05) is 13.8 Å². The van der Waals surface area contributed by atoms with Gasteiger partial charge in [0.05, 0.1) is 0 Å². The molecular weight excluding hydrogens is 242 g/mol. The van der Waals surface area contributed by atoms with Gasteiger partial charge in [-0.15, -0.1) is 0 Å². The predicted octanol–water partition coefficient (Wildman–Crippen LogP) is 2.56. The van der Waals surface area contributed by atoms with E-state index in [-0.39, 0.29) is 6.04 Å². The Hall–Kier alpha value is -1.26. The van der Waals surface area contributed by atoms with Crippen molar-refractivity contribution in [3.63, 3.8) is 0 Å². The Balaban J connectivity index is 2.31. The first-order chi connectivity index (χ1) is 8.02. The summed E-state index contributed by atoms with van der Waals surface area (Å²) in [6, 6.07) is 6.91. The van der Waals surface area contributed by atoms with Gasteiger partial charge < -0.3 is 9.84 Å². The molecule has 0 aromatic heterocycles. The summed E-state index contributed by atoms with van der Waals surface area (Å²) in [5.74, 6) is 0. The normalized spacial score (nSPS) is 24.3. The fourth-order valence-electron chi connectivity index (χ4n) is 1.93. The van der Waals surface area contributed by atoms with Crippen LogP contribution in [0.25, 0.3) is 0 Å². The van der Waals surface area contributed by atoms with Crippen LogP contribution in [0.5, 0.6) is 0 Å². The maximum absolute atomic E-state index is 11.6. The van der Waals surface area contributed by atoms with Crippen molar-refractivity contribution >= 4 is 17.7 Å². The zero-order chi connectivity index (χ0) is 12.6. The highest BCUT2D eigenvalue weighted by Crippen LogP contribution is 2.35. The fraction of sp³-hybridized carbons (Fsp3) is 0.417. The molecule has 1 fully saturated rings. The summed E-state index contributed by atoms with van der Waals surface area (Å²) in [5.41, 5.74) is 0.623. The molecule has 0 spiro atoms. The van der Waals surface area contributed by atoms with Gasteiger partial charge >= 0.3 is 6.09 Å². The summed E-state index contributed by atoms with van der Waals surface area (Å²) in [4.78, 5) is 12.9. The summed E-state index contributed by atoms with van der Waals surface area (Å²) in [5, 5.41) is 10.6. The van der Waals surface area contributed by atoms with Gasteiger partial charge in [0, 0.05) is 16.6 Å². The number of benzene rings is 1. The molecule has 5 heteroatoms. The molecule has 1 aromatic carbocycles. The molecule has 0 radical (unpaired) electrons. The van der Waals surface area contributed by atoms with Crippen LogP contribution < -0.4 is 0 Å². The van der Waals surface area contributed by atoms with Crippen LogP contribution in [0.2, 0.25) is 5.02 Å². The molecule has 1 saturated heterocycles. The number of hydrogen-bond acceptors (Lipinski definition) is 3. The number of aliphatic hydroxyl groups excluding tert-OH is 1. The number of ether oxygens (including phenoxy) is 1. The van der Waals surface area contributed by atoms with Crippen LogP contribution >= 0.6 is 11.6 Å². The Morgan fingerprint density at radius 1 is 1.41 bits per heavy atom. The van der Waals surface area contributed by atoms with Crippen molar-refractivity contribution in [3.8, 4) is 0 Å². The van der Waals surface area contributed by atoms with Gasteiger partial charge in [-0.2, -0.15) is 0 Å². The van der Waals surface area contributed by atoms with Crippen molar-refractivity contribution in [1.29, 1.82) is 0 Å². The lowest BCUT2D eigenvalue weighted by Gasteiger charge is -2.23. The van der Waals surface area contributed by atoms with Gasteiger partial charge in [-0.25, -0.2) is 4.79 Å². The van der Waals surface area contributed by atoms with Crippen LogP contribution in [0.1, 0.15) is 25.5 Å². The second kappa shape index (κ2) is 4.55. The Bertz CT molecular complexity index is 436. The summed E-state index contributed by atoms with van der Waals surface area (Å²) in [7, 11) is 0. The number of aliphatic hydroxyl groups is 1. The van der Waals surface area contributed by atoms with Crippen molar-refractivity contribution in [2.45, 2.75) is 32.2 Å². The van der Waals surface area contributed by atoms with Crippen LogP contribution in [0.15, 0.2) is 24.3 Å². The minimum Gasteiger partial charge on any atom is -0.436 e. The topological polar surface area (TPSA) is 49.8 Å². The number of nitrogens with zero attached hydrogens (tertiary/aromatic N) is 1. The first kappa shape index (κ1) is 12.2. The first-order valence-electron chi connectivity index (χ1n) is 5.44. The van der Waals surface area contributed by atoms with Gasteiger partial charge in [-0.05, 0) is 19.9 Å². The standard InChI is InChI=1S/C12H14ClNO3/c1-7(2)14-11(15)10(17-12(14)16)8-5-3-4-6-9(8)13/h3-7,10-11,15H,1-2H3. The molecule has 0 aliphatic carbocycles. The Kier molecular flexibility index (Phi) is 3.26. The van der Waals surface area contributed by atoms with Gasteiger partial charge in [0.1, 0.15) is 0 Å². The van der Waals surface area contributed by atoms with E-state index in [1.165, 1.54) is 4.90 Å². The third kappa shape index (κ3) is 2.10. The van der Waals surface area contributed by atoms with E-state index >= 15 is 0 Å². The zero-order valence-electron chi connectivity index (χ0n) is 9.63. The third-order valence-electron chi connectivity index (χ3n) is 2.76. The minimum atomic E-state index is -0.998. The lowest BCUT2D eigenvalue weighted by molar-refractivity contribution is 0.00302. The quantitative estimate of drug-likeness (QED) is 0.884. The highest BCUT2D eigenvalue weighted by atomic mass is 35.5. The first-order valence-corrected chi connectivity index (χ1v) is 5.81.